The van der Waals surface area contributed by atoms with Gasteiger partial charge in [-0.05, 0) is 43.3 Å². The number of rotatable bonds is 5. The number of carbonyl (C=O) groups is 1. The van der Waals surface area contributed by atoms with Crippen LogP contribution in [0.15, 0.2) is 58.2 Å². The van der Waals surface area contributed by atoms with Gasteiger partial charge in [0.05, 0.1) is 12.4 Å². The molecule has 3 aromatic rings. The highest BCUT2D eigenvalue weighted by molar-refractivity contribution is 8.00. The Morgan fingerprint density at radius 2 is 1.96 bits per heavy atom. The zero-order valence-electron chi connectivity index (χ0n) is 12.8. The molecule has 3 rings (SSSR count). The van der Waals surface area contributed by atoms with Gasteiger partial charge in [-0.25, -0.2) is 4.98 Å². The first kappa shape index (κ1) is 15.4. The highest BCUT2D eigenvalue weighted by Crippen LogP contribution is 2.27. The van der Waals surface area contributed by atoms with E-state index in [1.54, 1.807) is 31.4 Å². The van der Waals surface area contributed by atoms with Crippen molar-refractivity contribution in [2.75, 3.05) is 12.4 Å². The SMILES string of the molecule is COc1ccc(NC(=O)C(C)Sc2nc3ccccc3o2)cc1. The van der Waals surface area contributed by atoms with Crippen molar-refractivity contribution >= 4 is 34.5 Å². The third-order valence-corrected chi connectivity index (χ3v) is 4.22. The minimum Gasteiger partial charge on any atom is -0.497 e. The van der Waals surface area contributed by atoms with Gasteiger partial charge in [0.2, 0.25) is 5.91 Å². The van der Waals surface area contributed by atoms with E-state index < -0.39 is 0 Å². The van der Waals surface area contributed by atoms with Crippen LogP contribution in [0.1, 0.15) is 6.92 Å². The predicted molar refractivity (Wildman–Crippen MR) is 91.0 cm³/mol. The van der Waals surface area contributed by atoms with Crippen molar-refractivity contribution in [1.29, 1.82) is 0 Å². The monoisotopic (exact) mass is 328 g/mol. The van der Waals surface area contributed by atoms with Crippen LogP contribution in [-0.2, 0) is 4.79 Å². The zero-order valence-corrected chi connectivity index (χ0v) is 13.6. The lowest BCUT2D eigenvalue weighted by Gasteiger charge is -2.10. The van der Waals surface area contributed by atoms with Crippen LogP contribution in [0.3, 0.4) is 0 Å². The second-order valence-electron chi connectivity index (χ2n) is 4.93. The molecule has 1 unspecified atom stereocenters. The summed E-state index contributed by atoms with van der Waals surface area (Å²) in [5.74, 6) is 0.638. The van der Waals surface area contributed by atoms with Crippen molar-refractivity contribution in [3.05, 3.63) is 48.5 Å². The number of benzene rings is 2. The molecule has 1 amide bonds. The number of para-hydroxylation sites is 2. The maximum atomic E-state index is 12.3. The molecule has 0 aliphatic carbocycles. The lowest BCUT2D eigenvalue weighted by atomic mass is 10.3. The second-order valence-corrected chi connectivity index (χ2v) is 6.22. The molecular weight excluding hydrogens is 312 g/mol. The number of nitrogens with zero attached hydrogens (tertiary/aromatic N) is 1. The third kappa shape index (κ3) is 3.65. The van der Waals surface area contributed by atoms with Crippen LogP contribution in [0.25, 0.3) is 11.1 Å². The average Bonchev–Trinajstić information content (AvgIpc) is 2.97. The molecule has 0 fully saturated rings. The van der Waals surface area contributed by atoms with Crippen LogP contribution in [0.2, 0.25) is 0 Å². The summed E-state index contributed by atoms with van der Waals surface area (Å²) < 4.78 is 10.7. The number of anilines is 1. The summed E-state index contributed by atoms with van der Waals surface area (Å²) in [6.07, 6.45) is 0. The van der Waals surface area contributed by atoms with Crippen molar-refractivity contribution in [3.8, 4) is 5.75 Å². The van der Waals surface area contributed by atoms with Crippen molar-refractivity contribution in [3.63, 3.8) is 0 Å². The Bertz CT molecular complexity index is 781. The fraction of sp³-hybridized carbons (Fsp3) is 0.176. The Hall–Kier alpha value is -2.47. The molecule has 6 heteroatoms. The standard InChI is InChI=1S/C17H16N2O3S/c1-11(16(20)18-12-7-9-13(21-2)10-8-12)23-17-19-14-5-3-4-6-15(14)22-17/h3-11H,1-2H3,(H,18,20). The highest BCUT2D eigenvalue weighted by Gasteiger charge is 2.18. The van der Waals surface area contributed by atoms with Gasteiger partial charge in [-0.15, -0.1) is 0 Å². The second kappa shape index (κ2) is 6.75. The number of thioether (sulfide) groups is 1. The first-order valence-electron chi connectivity index (χ1n) is 7.13. The molecular formula is C17H16N2O3S. The van der Waals surface area contributed by atoms with Gasteiger partial charge in [0.1, 0.15) is 11.3 Å². The number of carbonyl (C=O) groups excluding carboxylic acids is 1. The minimum absolute atomic E-state index is 0.109. The maximum Gasteiger partial charge on any atom is 0.257 e. The number of methoxy groups -OCH3 is 1. The van der Waals surface area contributed by atoms with Crippen LogP contribution >= 0.6 is 11.8 Å². The van der Waals surface area contributed by atoms with E-state index in [9.17, 15) is 4.79 Å². The first-order chi connectivity index (χ1) is 11.2. The van der Waals surface area contributed by atoms with Crippen LogP contribution in [0.4, 0.5) is 5.69 Å². The number of aromatic nitrogens is 1. The normalized spacial score (nSPS) is 12.1. The van der Waals surface area contributed by atoms with Crippen LogP contribution in [0, 0.1) is 0 Å². The molecule has 1 heterocycles. The zero-order chi connectivity index (χ0) is 16.2. The summed E-state index contributed by atoms with van der Waals surface area (Å²) in [5, 5.41) is 3.02. The van der Waals surface area contributed by atoms with E-state index in [0.29, 0.717) is 5.22 Å². The van der Waals surface area contributed by atoms with E-state index >= 15 is 0 Å². The molecule has 118 valence electrons. The summed E-state index contributed by atoms with van der Waals surface area (Å²) in [4.78, 5) is 16.6. The Kier molecular flexibility index (Phi) is 4.52. The molecule has 1 N–H and O–H groups in total. The van der Waals surface area contributed by atoms with Gasteiger partial charge in [-0.1, -0.05) is 23.9 Å². The van der Waals surface area contributed by atoms with Gasteiger partial charge in [0.25, 0.3) is 5.22 Å². The van der Waals surface area contributed by atoms with E-state index in [4.69, 9.17) is 9.15 Å². The van der Waals surface area contributed by atoms with Crippen molar-refractivity contribution in [2.24, 2.45) is 0 Å². The summed E-state index contributed by atoms with van der Waals surface area (Å²) >= 11 is 1.29. The number of hydrogen-bond donors (Lipinski definition) is 1. The minimum atomic E-state index is -0.329. The molecule has 1 aromatic heterocycles. The topological polar surface area (TPSA) is 64.4 Å². The summed E-state index contributed by atoms with van der Waals surface area (Å²) in [5.41, 5.74) is 2.23. The lowest BCUT2D eigenvalue weighted by molar-refractivity contribution is -0.115. The molecule has 2 aromatic carbocycles. The van der Waals surface area contributed by atoms with Gasteiger partial charge < -0.3 is 14.5 Å². The van der Waals surface area contributed by atoms with Gasteiger partial charge in [-0.2, -0.15) is 0 Å². The molecule has 0 aliphatic heterocycles. The number of hydrogen-bond acceptors (Lipinski definition) is 5. The fourth-order valence-corrected chi connectivity index (χ4v) is 2.78. The molecule has 0 spiro atoms. The van der Waals surface area contributed by atoms with Crippen molar-refractivity contribution in [1.82, 2.24) is 4.98 Å². The Balaban J connectivity index is 1.64. The largest absolute Gasteiger partial charge is 0.497 e. The molecule has 23 heavy (non-hydrogen) atoms. The number of amides is 1. The Labute approximate surface area is 138 Å². The van der Waals surface area contributed by atoms with Crippen LogP contribution < -0.4 is 10.1 Å². The van der Waals surface area contributed by atoms with Crippen molar-refractivity contribution in [2.45, 2.75) is 17.4 Å². The maximum absolute atomic E-state index is 12.3. The predicted octanol–water partition coefficient (Wildman–Crippen LogP) is 3.96. The smallest absolute Gasteiger partial charge is 0.257 e. The quantitative estimate of drug-likeness (QED) is 0.718. The van der Waals surface area contributed by atoms with E-state index in [2.05, 4.69) is 10.3 Å². The Morgan fingerprint density at radius 3 is 2.65 bits per heavy atom. The van der Waals surface area contributed by atoms with Gasteiger partial charge in [0.15, 0.2) is 5.58 Å². The molecule has 1 atom stereocenters. The first-order valence-corrected chi connectivity index (χ1v) is 8.01. The van der Waals surface area contributed by atoms with E-state index in [1.807, 2.05) is 31.2 Å². The molecule has 0 aliphatic rings. The van der Waals surface area contributed by atoms with E-state index in [0.717, 1.165) is 22.5 Å². The van der Waals surface area contributed by atoms with Gasteiger partial charge in [0, 0.05) is 5.69 Å². The molecule has 0 bridgehead atoms. The van der Waals surface area contributed by atoms with Crippen LogP contribution in [-0.4, -0.2) is 23.3 Å². The number of nitrogens with one attached hydrogen (secondary N) is 1. The Morgan fingerprint density at radius 1 is 1.22 bits per heavy atom. The van der Waals surface area contributed by atoms with Crippen LogP contribution in [0.5, 0.6) is 5.75 Å². The van der Waals surface area contributed by atoms with E-state index in [1.165, 1.54) is 11.8 Å². The summed E-state index contributed by atoms with van der Waals surface area (Å²) in [6.45, 7) is 1.82. The molecule has 0 radical (unpaired) electrons. The summed E-state index contributed by atoms with van der Waals surface area (Å²) in [6, 6.07) is 14.7. The van der Waals surface area contributed by atoms with E-state index in [-0.39, 0.29) is 11.2 Å². The summed E-state index contributed by atoms with van der Waals surface area (Å²) in [7, 11) is 1.60. The van der Waals surface area contributed by atoms with Gasteiger partial charge >= 0.3 is 0 Å². The third-order valence-electron chi connectivity index (χ3n) is 3.28. The lowest BCUT2D eigenvalue weighted by Crippen LogP contribution is -2.22. The highest BCUT2D eigenvalue weighted by atomic mass is 32.2. The fourth-order valence-electron chi connectivity index (χ4n) is 2.02. The average molecular weight is 328 g/mol. The number of ether oxygens (including phenoxy) is 1. The van der Waals surface area contributed by atoms with Gasteiger partial charge in [-0.3, -0.25) is 4.79 Å². The molecule has 0 saturated heterocycles. The molecule has 5 nitrogen and oxygen atoms in total. The number of oxazole rings is 1. The molecule has 0 saturated carbocycles. The number of fused-ring (bicyclic) bond motifs is 1. The van der Waals surface area contributed by atoms with Crippen molar-refractivity contribution < 1.29 is 13.9 Å².